The second-order valence-corrected chi connectivity index (χ2v) is 7.10. The summed E-state index contributed by atoms with van der Waals surface area (Å²) in [6, 6.07) is 10.8. The first-order valence-corrected chi connectivity index (χ1v) is 9.96. The average molecular weight is 397 g/mol. The lowest BCUT2D eigenvalue weighted by Gasteiger charge is -2.13. The summed E-state index contributed by atoms with van der Waals surface area (Å²) in [5.41, 5.74) is 2.38. The van der Waals surface area contributed by atoms with Crippen molar-refractivity contribution in [2.45, 2.75) is 46.1 Å². The Morgan fingerprint density at radius 1 is 1.17 bits per heavy atom. The third kappa shape index (κ3) is 5.50. The van der Waals surface area contributed by atoms with Crippen molar-refractivity contribution in [3.8, 4) is 17.2 Å². The zero-order chi connectivity index (χ0) is 20.8. The van der Waals surface area contributed by atoms with Crippen LogP contribution in [0.15, 0.2) is 36.4 Å². The van der Waals surface area contributed by atoms with Crippen molar-refractivity contribution < 1.29 is 23.8 Å². The minimum absolute atomic E-state index is 0.0195. The maximum absolute atomic E-state index is 12.4. The second kappa shape index (κ2) is 9.45. The van der Waals surface area contributed by atoms with Crippen LogP contribution in [0.5, 0.6) is 17.2 Å². The summed E-state index contributed by atoms with van der Waals surface area (Å²) in [5.74, 6) is 2.06. The molecule has 6 heteroatoms. The summed E-state index contributed by atoms with van der Waals surface area (Å²) < 4.78 is 17.1. The number of amides is 1. The molecule has 0 fully saturated rings. The van der Waals surface area contributed by atoms with Crippen LogP contribution in [0.1, 0.15) is 49.5 Å². The molecule has 0 saturated carbocycles. The minimum atomic E-state index is -0.104. The number of nitrogens with one attached hydrogen (secondary N) is 1. The van der Waals surface area contributed by atoms with Gasteiger partial charge in [0.1, 0.15) is 23.4 Å². The molecule has 1 aliphatic heterocycles. The number of carbonyl (C=O) groups excluding carboxylic acids is 2. The topological polar surface area (TPSA) is 73.9 Å². The molecular formula is C23H27NO5. The minimum Gasteiger partial charge on any atom is -0.494 e. The van der Waals surface area contributed by atoms with Gasteiger partial charge in [0.25, 0.3) is 0 Å². The number of rotatable bonds is 9. The van der Waals surface area contributed by atoms with Crippen LogP contribution in [0.25, 0.3) is 0 Å². The van der Waals surface area contributed by atoms with E-state index < -0.39 is 0 Å². The summed E-state index contributed by atoms with van der Waals surface area (Å²) in [5, 5.41) is 2.92. The smallest absolute Gasteiger partial charge is 0.224 e. The van der Waals surface area contributed by atoms with Gasteiger partial charge in [0, 0.05) is 30.0 Å². The molecule has 1 heterocycles. The van der Waals surface area contributed by atoms with Crippen LogP contribution in [0.3, 0.4) is 0 Å². The van der Waals surface area contributed by atoms with Crippen LogP contribution in [0.2, 0.25) is 0 Å². The third-order valence-electron chi connectivity index (χ3n) is 4.65. The van der Waals surface area contributed by atoms with Crippen LogP contribution in [0.4, 0.5) is 5.69 Å². The summed E-state index contributed by atoms with van der Waals surface area (Å²) in [4.78, 5) is 23.6. The van der Waals surface area contributed by atoms with Gasteiger partial charge in [-0.3, -0.25) is 9.59 Å². The fourth-order valence-electron chi connectivity index (χ4n) is 3.23. The lowest BCUT2D eigenvalue weighted by molar-refractivity contribution is -0.116. The van der Waals surface area contributed by atoms with E-state index >= 15 is 0 Å². The van der Waals surface area contributed by atoms with Crippen molar-refractivity contribution in [3.63, 3.8) is 0 Å². The van der Waals surface area contributed by atoms with Crippen molar-refractivity contribution in [2.24, 2.45) is 0 Å². The van der Waals surface area contributed by atoms with Gasteiger partial charge in [0.15, 0.2) is 5.78 Å². The summed E-state index contributed by atoms with van der Waals surface area (Å²) in [6.45, 7) is 6.40. The number of anilines is 1. The summed E-state index contributed by atoms with van der Waals surface area (Å²) in [7, 11) is 0. The maximum atomic E-state index is 12.4. The van der Waals surface area contributed by atoms with Crippen LogP contribution < -0.4 is 19.5 Å². The lowest BCUT2D eigenvalue weighted by Crippen LogP contribution is -2.14. The normalized spacial score (nSPS) is 14.7. The summed E-state index contributed by atoms with van der Waals surface area (Å²) in [6.07, 6.45) is 1.87. The number of ether oxygens (including phenoxy) is 3. The zero-order valence-corrected chi connectivity index (χ0v) is 17.1. The van der Waals surface area contributed by atoms with Gasteiger partial charge in [-0.1, -0.05) is 0 Å². The van der Waals surface area contributed by atoms with Crippen molar-refractivity contribution in [1.29, 1.82) is 0 Å². The van der Waals surface area contributed by atoms with E-state index in [-0.39, 0.29) is 17.8 Å². The van der Waals surface area contributed by atoms with E-state index in [0.717, 1.165) is 17.7 Å². The van der Waals surface area contributed by atoms with E-state index in [4.69, 9.17) is 14.2 Å². The summed E-state index contributed by atoms with van der Waals surface area (Å²) >= 11 is 0. The molecule has 0 unspecified atom stereocenters. The van der Waals surface area contributed by atoms with Gasteiger partial charge in [0.05, 0.1) is 18.9 Å². The Balaban J connectivity index is 1.50. The Morgan fingerprint density at radius 3 is 2.62 bits per heavy atom. The molecule has 0 saturated heterocycles. The average Bonchev–Trinajstić information content (AvgIpc) is 3.05. The predicted molar refractivity (Wildman–Crippen MR) is 111 cm³/mol. The molecule has 0 radical (unpaired) electrons. The molecule has 0 bridgehead atoms. The first-order chi connectivity index (χ1) is 14.0. The fraction of sp³-hybridized carbons (Fsp3) is 0.391. The van der Waals surface area contributed by atoms with Gasteiger partial charge in [0.2, 0.25) is 5.91 Å². The number of Topliss-reactive ketones (excluding diaryl/α,β-unsaturated/α-hetero) is 1. The van der Waals surface area contributed by atoms with Crippen LogP contribution >= 0.6 is 0 Å². The number of benzene rings is 2. The highest BCUT2D eigenvalue weighted by Gasteiger charge is 2.22. The van der Waals surface area contributed by atoms with Crippen LogP contribution in [-0.2, 0) is 11.2 Å². The number of carbonyl (C=O) groups is 2. The molecule has 1 atom stereocenters. The third-order valence-corrected chi connectivity index (χ3v) is 4.65. The van der Waals surface area contributed by atoms with Gasteiger partial charge < -0.3 is 19.5 Å². The molecule has 29 heavy (non-hydrogen) atoms. The molecule has 1 amide bonds. The Morgan fingerprint density at radius 2 is 1.93 bits per heavy atom. The van der Waals surface area contributed by atoms with Crippen LogP contribution in [0, 0.1) is 0 Å². The highest BCUT2D eigenvalue weighted by Crippen LogP contribution is 2.38. The van der Waals surface area contributed by atoms with Crippen molar-refractivity contribution >= 4 is 17.4 Å². The predicted octanol–water partition coefficient (Wildman–Crippen LogP) is 4.41. The molecule has 1 N–H and O–H groups in total. The van der Waals surface area contributed by atoms with Gasteiger partial charge in [-0.15, -0.1) is 0 Å². The molecule has 0 spiro atoms. The number of fused-ring (bicyclic) bond motifs is 1. The first-order valence-electron chi connectivity index (χ1n) is 9.96. The van der Waals surface area contributed by atoms with Gasteiger partial charge in [-0.05, 0) is 57.5 Å². The molecule has 154 valence electrons. The maximum Gasteiger partial charge on any atom is 0.224 e. The number of hydrogen-bond donors (Lipinski definition) is 1. The molecule has 2 aromatic carbocycles. The largest absolute Gasteiger partial charge is 0.494 e. The Hall–Kier alpha value is -3.02. The molecular weight excluding hydrogens is 370 g/mol. The van der Waals surface area contributed by atoms with E-state index in [0.29, 0.717) is 48.8 Å². The fourth-order valence-corrected chi connectivity index (χ4v) is 3.23. The standard InChI is InChI=1S/C23H27NO5/c1-4-27-22-13-18-12-15(2)29-21(18)14-20(22)24-23(26)6-5-11-28-19-9-7-17(8-10-19)16(3)25/h7-10,13-15H,4-6,11-12H2,1-3H3,(H,24,26)/t15-/m0/s1. The van der Waals surface area contributed by atoms with Crippen molar-refractivity contribution in [1.82, 2.24) is 0 Å². The van der Waals surface area contributed by atoms with Crippen molar-refractivity contribution in [3.05, 3.63) is 47.5 Å². The number of hydrogen-bond acceptors (Lipinski definition) is 5. The monoisotopic (exact) mass is 397 g/mol. The molecule has 1 aliphatic rings. The molecule has 0 aromatic heterocycles. The Kier molecular flexibility index (Phi) is 6.75. The van der Waals surface area contributed by atoms with E-state index in [1.165, 1.54) is 6.92 Å². The number of ketones is 1. The molecule has 2 aromatic rings. The zero-order valence-electron chi connectivity index (χ0n) is 17.1. The van der Waals surface area contributed by atoms with E-state index in [1.54, 1.807) is 24.3 Å². The van der Waals surface area contributed by atoms with E-state index in [1.807, 2.05) is 26.0 Å². The van der Waals surface area contributed by atoms with Crippen molar-refractivity contribution in [2.75, 3.05) is 18.5 Å². The van der Waals surface area contributed by atoms with Gasteiger partial charge >= 0.3 is 0 Å². The quantitative estimate of drug-likeness (QED) is 0.501. The van der Waals surface area contributed by atoms with E-state index in [2.05, 4.69) is 5.32 Å². The SMILES string of the molecule is CCOc1cc2c(cc1NC(=O)CCCOc1ccc(C(C)=O)cc1)O[C@@H](C)C2. The molecule has 6 nitrogen and oxygen atoms in total. The second-order valence-electron chi connectivity index (χ2n) is 7.10. The Bertz CT molecular complexity index is 876. The molecule has 0 aliphatic carbocycles. The lowest BCUT2D eigenvalue weighted by atomic mass is 10.1. The van der Waals surface area contributed by atoms with Gasteiger partial charge in [-0.25, -0.2) is 0 Å². The highest BCUT2D eigenvalue weighted by atomic mass is 16.5. The first kappa shape index (κ1) is 20.7. The van der Waals surface area contributed by atoms with Gasteiger partial charge in [-0.2, -0.15) is 0 Å². The van der Waals surface area contributed by atoms with Crippen LogP contribution in [-0.4, -0.2) is 31.0 Å². The molecule has 3 rings (SSSR count). The Labute approximate surface area is 171 Å². The van der Waals surface area contributed by atoms with E-state index in [9.17, 15) is 9.59 Å². The highest BCUT2D eigenvalue weighted by molar-refractivity contribution is 5.94.